The Morgan fingerprint density at radius 2 is 2.25 bits per heavy atom. The predicted molar refractivity (Wildman–Crippen MR) is 50.4 cm³/mol. The quantitative estimate of drug-likeness (QED) is 0.459. The van der Waals surface area contributed by atoms with E-state index >= 15 is 0 Å². The van der Waals surface area contributed by atoms with Crippen molar-refractivity contribution < 1.29 is 4.79 Å². The molecular weight excluding hydrogens is 174 g/mol. The highest BCUT2D eigenvalue weighted by atomic mass is 35.5. The number of likely N-dealkylation sites (tertiary alicyclic amines) is 1. The smallest absolute Gasteiger partial charge is 0.316 e. The van der Waals surface area contributed by atoms with Crippen molar-refractivity contribution in [2.75, 3.05) is 6.54 Å². The van der Waals surface area contributed by atoms with Crippen LogP contribution in [-0.2, 0) is 0 Å². The molecule has 0 unspecified atom stereocenters. The second kappa shape index (κ2) is 4.13. The van der Waals surface area contributed by atoms with Gasteiger partial charge in [-0.15, -0.1) is 0 Å². The second-order valence-corrected chi connectivity index (χ2v) is 3.93. The maximum absolute atomic E-state index is 11.0. The number of rotatable bonds is 1. The lowest BCUT2D eigenvalue weighted by atomic mass is 9.92. The zero-order valence-electron chi connectivity index (χ0n) is 7.72. The Bertz CT molecular complexity index is 172. The van der Waals surface area contributed by atoms with Crippen LogP contribution >= 0.6 is 11.6 Å². The van der Waals surface area contributed by atoms with Crippen molar-refractivity contribution >= 4 is 17.0 Å². The zero-order chi connectivity index (χ0) is 9.14. The van der Waals surface area contributed by atoms with Crippen LogP contribution in [0.1, 0.15) is 33.1 Å². The van der Waals surface area contributed by atoms with Crippen molar-refractivity contribution in [2.45, 2.75) is 39.2 Å². The van der Waals surface area contributed by atoms with E-state index in [9.17, 15) is 4.79 Å². The van der Waals surface area contributed by atoms with Gasteiger partial charge in [0.05, 0.1) is 0 Å². The minimum absolute atomic E-state index is 0.291. The molecule has 0 saturated carbocycles. The van der Waals surface area contributed by atoms with E-state index in [1.807, 2.05) is 0 Å². The van der Waals surface area contributed by atoms with Gasteiger partial charge in [0, 0.05) is 12.6 Å². The fraction of sp³-hybridized carbons (Fsp3) is 0.889. The standard InChI is InChI=1S/C9H16ClNO/c1-3-8-5-4-7(2)11(6-8)9(10)12/h7-8H,3-6H2,1-2H3/t7-,8+/m0/s1. The normalized spacial score (nSPS) is 30.4. The molecule has 0 N–H and O–H groups in total. The molecule has 1 aliphatic heterocycles. The first-order valence-corrected chi connectivity index (χ1v) is 4.99. The molecule has 1 rings (SSSR count). The molecule has 0 bridgehead atoms. The number of nitrogens with zero attached hydrogens (tertiary/aromatic N) is 1. The minimum Gasteiger partial charge on any atom is -0.326 e. The molecule has 0 aromatic heterocycles. The molecule has 0 aromatic carbocycles. The van der Waals surface area contributed by atoms with Crippen LogP contribution in [0, 0.1) is 5.92 Å². The molecule has 1 fully saturated rings. The Balaban J connectivity index is 2.53. The van der Waals surface area contributed by atoms with Crippen LogP contribution in [0.15, 0.2) is 0 Å². The molecule has 0 aliphatic carbocycles. The van der Waals surface area contributed by atoms with Gasteiger partial charge in [-0.1, -0.05) is 13.3 Å². The van der Waals surface area contributed by atoms with Crippen LogP contribution in [0.25, 0.3) is 0 Å². The first-order chi connectivity index (χ1) is 5.65. The molecular formula is C9H16ClNO. The Hall–Kier alpha value is -0.240. The molecule has 0 aromatic rings. The predicted octanol–water partition coefficient (Wildman–Crippen LogP) is 2.86. The van der Waals surface area contributed by atoms with E-state index in [2.05, 4.69) is 13.8 Å². The van der Waals surface area contributed by atoms with Crippen LogP contribution in [0.3, 0.4) is 0 Å². The molecule has 1 aliphatic rings. The first-order valence-electron chi connectivity index (χ1n) is 4.61. The van der Waals surface area contributed by atoms with Crippen molar-refractivity contribution in [3.63, 3.8) is 0 Å². The largest absolute Gasteiger partial charge is 0.326 e. The molecule has 1 saturated heterocycles. The van der Waals surface area contributed by atoms with Gasteiger partial charge in [-0.2, -0.15) is 0 Å². The summed E-state index contributed by atoms with van der Waals surface area (Å²) in [7, 11) is 0. The Morgan fingerprint density at radius 3 is 2.75 bits per heavy atom. The summed E-state index contributed by atoms with van der Waals surface area (Å²) in [6.45, 7) is 5.07. The van der Waals surface area contributed by atoms with E-state index in [-0.39, 0.29) is 5.37 Å². The molecule has 12 heavy (non-hydrogen) atoms. The van der Waals surface area contributed by atoms with Crippen molar-refractivity contribution in [1.82, 2.24) is 4.90 Å². The van der Waals surface area contributed by atoms with Gasteiger partial charge in [-0.25, -0.2) is 0 Å². The van der Waals surface area contributed by atoms with Crippen LogP contribution in [-0.4, -0.2) is 22.9 Å². The molecule has 0 radical (unpaired) electrons. The number of hydrogen-bond donors (Lipinski definition) is 0. The van der Waals surface area contributed by atoms with Crippen LogP contribution in [0.4, 0.5) is 4.79 Å². The van der Waals surface area contributed by atoms with E-state index < -0.39 is 0 Å². The highest BCUT2D eigenvalue weighted by Crippen LogP contribution is 2.24. The van der Waals surface area contributed by atoms with Gasteiger partial charge >= 0.3 is 5.37 Å². The summed E-state index contributed by atoms with van der Waals surface area (Å²) in [6, 6.07) is 0.331. The monoisotopic (exact) mass is 189 g/mol. The highest BCUT2D eigenvalue weighted by molar-refractivity contribution is 6.62. The fourth-order valence-corrected chi connectivity index (χ4v) is 2.00. The maximum Gasteiger partial charge on any atom is 0.316 e. The van der Waals surface area contributed by atoms with Crippen LogP contribution < -0.4 is 0 Å². The van der Waals surface area contributed by atoms with E-state index in [0.29, 0.717) is 12.0 Å². The molecule has 0 spiro atoms. The molecule has 1 amide bonds. The third kappa shape index (κ3) is 2.13. The number of amides is 1. The summed E-state index contributed by atoms with van der Waals surface area (Å²) in [5.41, 5.74) is 0. The lowest BCUT2D eigenvalue weighted by Gasteiger charge is -2.36. The molecule has 1 heterocycles. The minimum atomic E-state index is -0.291. The molecule has 2 nitrogen and oxygen atoms in total. The number of piperidine rings is 1. The van der Waals surface area contributed by atoms with E-state index in [1.165, 1.54) is 6.42 Å². The number of carbonyl (C=O) groups excluding carboxylic acids is 1. The highest BCUT2D eigenvalue weighted by Gasteiger charge is 2.26. The lowest BCUT2D eigenvalue weighted by Crippen LogP contribution is -2.42. The first kappa shape index (κ1) is 9.85. The van der Waals surface area contributed by atoms with Gasteiger partial charge in [0.25, 0.3) is 0 Å². The van der Waals surface area contributed by atoms with Crippen molar-refractivity contribution in [3.8, 4) is 0 Å². The number of hydrogen-bond acceptors (Lipinski definition) is 1. The topological polar surface area (TPSA) is 20.3 Å². The Kier molecular flexibility index (Phi) is 3.39. The van der Waals surface area contributed by atoms with Crippen LogP contribution in [0.2, 0.25) is 0 Å². The van der Waals surface area contributed by atoms with Gasteiger partial charge in [-0.05, 0) is 37.3 Å². The zero-order valence-corrected chi connectivity index (χ0v) is 8.47. The average molecular weight is 190 g/mol. The Morgan fingerprint density at radius 1 is 1.58 bits per heavy atom. The van der Waals surface area contributed by atoms with Gasteiger partial charge in [0.1, 0.15) is 0 Å². The summed E-state index contributed by atoms with van der Waals surface area (Å²) in [5.74, 6) is 0.656. The van der Waals surface area contributed by atoms with Gasteiger partial charge < -0.3 is 4.90 Å². The summed E-state index contributed by atoms with van der Waals surface area (Å²) >= 11 is 5.46. The maximum atomic E-state index is 11.0. The lowest BCUT2D eigenvalue weighted by molar-refractivity contribution is 0.148. The summed E-state index contributed by atoms with van der Waals surface area (Å²) < 4.78 is 0. The number of carbonyl (C=O) groups is 1. The summed E-state index contributed by atoms with van der Waals surface area (Å²) in [6.07, 6.45) is 3.47. The third-order valence-electron chi connectivity index (χ3n) is 2.78. The van der Waals surface area contributed by atoms with Gasteiger partial charge in [0.15, 0.2) is 0 Å². The van der Waals surface area contributed by atoms with E-state index in [4.69, 9.17) is 11.6 Å². The molecule has 70 valence electrons. The average Bonchev–Trinajstić information content (AvgIpc) is 2.05. The van der Waals surface area contributed by atoms with Gasteiger partial charge in [-0.3, -0.25) is 4.79 Å². The van der Waals surface area contributed by atoms with Crippen molar-refractivity contribution in [1.29, 1.82) is 0 Å². The Labute approximate surface area is 78.9 Å². The van der Waals surface area contributed by atoms with Crippen molar-refractivity contribution in [2.24, 2.45) is 5.92 Å². The van der Waals surface area contributed by atoms with Crippen molar-refractivity contribution in [3.05, 3.63) is 0 Å². The van der Waals surface area contributed by atoms with E-state index in [0.717, 1.165) is 19.4 Å². The summed E-state index contributed by atoms with van der Waals surface area (Å²) in [4.78, 5) is 12.7. The van der Waals surface area contributed by atoms with Gasteiger partial charge in [0.2, 0.25) is 0 Å². The SMILES string of the molecule is CC[C@@H]1CC[C@H](C)N(C(=O)Cl)C1. The molecule has 3 heteroatoms. The third-order valence-corrected chi connectivity index (χ3v) is 3.00. The van der Waals surface area contributed by atoms with E-state index in [1.54, 1.807) is 4.90 Å². The second-order valence-electron chi connectivity index (χ2n) is 3.61. The summed E-state index contributed by atoms with van der Waals surface area (Å²) in [5, 5.41) is -0.291. The van der Waals surface area contributed by atoms with Crippen LogP contribution in [0.5, 0.6) is 0 Å². The fourth-order valence-electron chi connectivity index (χ4n) is 1.76. The molecule has 2 atom stereocenters. The number of halogens is 1.